The number of aromatic nitrogens is 3. The number of pyridine rings is 1. The van der Waals surface area contributed by atoms with Crippen LogP contribution in [-0.2, 0) is 6.67 Å². The fraction of sp³-hybridized carbons (Fsp3) is 0.222. The minimum Gasteiger partial charge on any atom is -0.313 e. The van der Waals surface area contributed by atoms with E-state index >= 15 is 0 Å². The van der Waals surface area contributed by atoms with E-state index in [0.29, 0.717) is 0 Å². The van der Waals surface area contributed by atoms with E-state index in [-0.39, 0.29) is 0 Å². The Morgan fingerprint density at radius 2 is 1.91 bits per heavy atom. The first-order valence-electron chi connectivity index (χ1n) is 7.93. The largest absolute Gasteiger partial charge is 0.313 e. The highest BCUT2D eigenvalue weighted by Gasteiger charge is 2.17. The molecule has 0 bridgehead atoms. The van der Waals surface area contributed by atoms with Crippen LogP contribution in [0.5, 0.6) is 0 Å². The summed E-state index contributed by atoms with van der Waals surface area (Å²) in [5.74, 6) is 0. The Kier molecular flexibility index (Phi) is 3.81. The van der Waals surface area contributed by atoms with E-state index < -0.39 is 0 Å². The smallest absolute Gasteiger partial charge is 0.207 e. The van der Waals surface area contributed by atoms with E-state index in [2.05, 4.69) is 41.5 Å². The second-order valence-corrected chi connectivity index (χ2v) is 6.28. The van der Waals surface area contributed by atoms with Gasteiger partial charge in [0.05, 0.1) is 13.1 Å². The van der Waals surface area contributed by atoms with E-state index in [1.54, 1.807) is 0 Å². The molecule has 1 unspecified atom stereocenters. The number of nitrogens with one attached hydrogen (secondary N) is 1. The molecule has 4 nitrogen and oxygen atoms in total. The summed E-state index contributed by atoms with van der Waals surface area (Å²) in [6.45, 7) is 2.94. The van der Waals surface area contributed by atoms with Crippen LogP contribution in [0.25, 0.3) is 11.2 Å². The van der Waals surface area contributed by atoms with Crippen molar-refractivity contribution in [2.24, 2.45) is 0 Å². The molecular formula is C18H19N4S+. The van der Waals surface area contributed by atoms with Crippen molar-refractivity contribution in [2.75, 3.05) is 13.1 Å². The van der Waals surface area contributed by atoms with Gasteiger partial charge >= 0.3 is 0 Å². The number of hydrogen-bond donors (Lipinski definition) is 1. The van der Waals surface area contributed by atoms with Crippen LogP contribution in [0.4, 0.5) is 0 Å². The van der Waals surface area contributed by atoms with Crippen LogP contribution in [0.2, 0.25) is 0 Å². The highest BCUT2D eigenvalue weighted by atomic mass is 32.1. The summed E-state index contributed by atoms with van der Waals surface area (Å²) in [6.07, 6.45) is 5.42. The topological polar surface area (TPSA) is 26.7 Å². The van der Waals surface area contributed by atoms with Crippen molar-refractivity contribution in [3.05, 3.63) is 71.1 Å². The summed E-state index contributed by atoms with van der Waals surface area (Å²) < 4.78 is 4.68. The van der Waals surface area contributed by atoms with Gasteiger partial charge in [0.1, 0.15) is 0 Å². The van der Waals surface area contributed by atoms with Crippen molar-refractivity contribution in [3.63, 3.8) is 0 Å². The molecule has 2 aromatic heterocycles. The third kappa shape index (κ3) is 2.85. The molecule has 0 saturated heterocycles. The molecule has 0 spiro atoms. The Morgan fingerprint density at radius 1 is 1.09 bits per heavy atom. The second kappa shape index (κ2) is 6.10. The fourth-order valence-corrected chi connectivity index (χ4v) is 3.38. The molecule has 0 aliphatic carbocycles. The van der Waals surface area contributed by atoms with Gasteiger partial charge in [0.2, 0.25) is 4.77 Å². The number of nitrogens with zero attached hydrogens (tertiary/aromatic N) is 3. The molecule has 0 amide bonds. The molecule has 0 fully saturated rings. The minimum atomic E-state index is 0.769. The van der Waals surface area contributed by atoms with E-state index in [1.807, 2.05) is 33.5 Å². The Balaban J connectivity index is 1.51. The van der Waals surface area contributed by atoms with Gasteiger partial charge in [-0.1, -0.05) is 36.4 Å². The molecule has 0 radical (unpaired) electrons. The molecule has 23 heavy (non-hydrogen) atoms. The van der Waals surface area contributed by atoms with Crippen LogP contribution in [0, 0.1) is 4.77 Å². The predicted molar refractivity (Wildman–Crippen MR) is 93.7 cm³/mol. The molecule has 3 heterocycles. The van der Waals surface area contributed by atoms with Crippen molar-refractivity contribution in [2.45, 2.75) is 13.1 Å². The molecule has 4 rings (SSSR count). The van der Waals surface area contributed by atoms with Gasteiger partial charge in [0, 0.05) is 12.6 Å². The van der Waals surface area contributed by atoms with Crippen molar-refractivity contribution in [1.82, 2.24) is 14.2 Å². The maximum Gasteiger partial charge on any atom is 0.207 e. The van der Waals surface area contributed by atoms with E-state index in [0.717, 1.165) is 36.6 Å². The quantitative estimate of drug-likeness (QED) is 0.748. The second-order valence-electron chi connectivity index (χ2n) is 5.92. The zero-order chi connectivity index (χ0) is 15.6. The van der Waals surface area contributed by atoms with Crippen molar-refractivity contribution in [3.8, 4) is 0 Å². The first kappa shape index (κ1) is 14.4. The Morgan fingerprint density at radius 3 is 2.65 bits per heavy atom. The van der Waals surface area contributed by atoms with Gasteiger partial charge in [0.15, 0.2) is 12.3 Å². The Bertz CT molecular complexity index is 907. The number of fused-ring (bicyclic) bond motifs is 1. The lowest BCUT2D eigenvalue weighted by Crippen LogP contribution is -3.11. The molecular weight excluding hydrogens is 304 g/mol. The first-order valence-corrected chi connectivity index (χ1v) is 8.34. The zero-order valence-electron chi connectivity index (χ0n) is 12.9. The summed E-state index contributed by atoms with van der Waals surface area (Å²) in [5, 5.41) is 4.62. The molecule has 1 aliphatic rings. The Hall–Kier alpha value is -2.24. The Labute approximate surface area is 140 Å². The predicted octanol–water partition coefficient (Wildman–Crippen LogP) is 2.19. The highest BCUT2D eigenvalue weighted by Crippen LogP contribution is 2.17. The molecule has 1 atom stereocenters. The number of quaternary nitrogens is 1. The van der Waals surface area contributed by atoms with Gasteiger partial charge < -0.3 is 4.90 Å². The molecule has 1 N–H and O–H groups in total. The normalized spacial score (nSPS) is 18.1. The van der Waals surface area contributed by atoms with Gasteiger partial charge in [-0.15, -0.1) is 5.10 Å². The molecule has 0 saturated carbocycles. The monoisotopic (exact) mass is 323 g/mol. The standard InChI is InChI=1S/C18H18N4S/c23-18-21-11-5-4-8-17(21)19-22(18)14-20-12-9-16(10-13-20)15-6-2-1-3-7-15/h1-9,11H,10,12-14H2/p+1. The fourth-order valence-electron chi connectivity index (χ4n) is 3.12. The number of rotatable bonds is 3. The molecule has 5 heteroatoms. The lowest BCUT2D eigenvalue weighted by atomic mass is 10.00. The first-order chi connectivity index (χ1) is 11.3. The highest BCUT2D eigenvalue weighted by molar-refractivity contribution is 7.71. The zero-order valence-corrected chi connectivity index (χ0v) is 13.7. The van der Waals surface area contributed by atoms with Gasteiger partial charge in [-0.2, -0.15) is 4.68 Å². The van der Waals surface area contributed by atoms with Crippen LogP contribution < -0.4 is 4.90 Å². The minimum absolute atomic E-state index is 0.769. The average molecular weight is 323 g/mol. The van der Waals surface area contributed by atoms with Gasteiger partial charge in [-0.3, -0.25) is 4.40 Å². The van der Waals surface area contributed by atoms with Crippen LogP contribution in [0.15, 0.2) is 60.8 Å². The van der Waals surface area contributed by atoms with Crippen LogP contribution >= 0.6 is 12.2 Å². The third-order valence-electron chi connectivity index (χ3n) is 4.39. The number of hydrogen-bond acceptors (Lipinski definition) is 2. The molecule has 116 valence electrons. The lowest BCUT2D eigenvalue weighted by Gasteiger charge is -2.23. The number of benzene rings is 1. The maximum atomic E-state index is 5.53. The summed E-state index contributed by atoms with van der Waals surface area (Å²) in [6, 6.07) is 16.6. The molecule has 1 aromatic carbocycles. The summed E-state index contributed by atoms with van der Waals surface area (Å²) in [5.41, 5.74) is 3.71. The lowest BCUT2D eigenvalue weighted by molar-refractivity contribution is -0.918. The van der Waals surface area contributed by atoms with Gasteiger partial charge in [-0.05, 0) is 41.6 Å². The van der Waals surface area contributed by atoms with Crippen LogP contribution in [-0.4, -0.2) is 27.3 Å². The maximum absolute atomic E-state index is 5.53. The summed E-state index contributed by atoms with van der Waals surface area (Å²) in [4.78, 5) is 1.49. The SMILES string of the molecule is S=c1n(C[NH+]2CC=C(c3ccccc3)CC2)nc2ccccn12. The van der Waals surface area contributed by atoms with Crippen molar-refractivity contribution < 1.29 is 4.90 Å². The van der Waals surface area contributed by atoms with E-state index in [9.17, 15) is 0 Å². The van der Waals surface area contributed by atoms with Crippen molar-refractivity contribution >= 4 is 23.4 Å². The summed E-state index contributed by atoms with van der Waals surface area (Å²) >= 11 is 5.53. The van der Waals surface area contributed by atoms with Crippen LogP contribution in [0.3, 0.4) is 0 Å². The third-order valence-corrected chi connectivity index (χ3v) is 4.80. The van der Waals surface area contributed by atoms with Gasteiger partial charge in [-0.25, -0.2) is 0 Å². The van der Waals surface area contributed by atoms with Crippen molar-refractivity contribution in [1.29, 1.82) is 0 Å². The molecule has 1 aliphatic heterocycles. The summed E-state index contributed by atoms with van der Waals surface area (Å²) in [7, 11) is 0. The van der Waals surface area contributed by atoms with E-state index in [1.165, 1.54) is 16.0 Å². The van der Waals surface area contributed by atoms with Crippen LogP contribution in [0.1, 0.15) is 12.0 Å². The average Bonchev–Trinajstić information content (AvgIpc) is 2.93. The van der Waals surface area contributed by atoms with Gasteiger partial charge in [0.25, 0.3) is 0 Å². The molecule has 3 aromatic rings. The van der Waals surface area contributed by atoms with E-state index in [4.69, 9.17) is 12.2 Å².